The Balaban J connectivity index is 2.27. The largest absolute Gasteiger partial charge is 0.476 e. The molecule has 1 N–H and O–H groups in total. The van der Waals surface area contributed by atoms with Crippen molar-refractivity contribution in [2.24, 2.45) is 0 Å². The molecule has 2 heterocycles. The topological polar surface area (TPSA) is 85.3 Å². The highest BCUT2D eigenvalue weighted by molar-refractivity contribution is 7.07. The van der Waals surface area contributed by atoms with E-state index in [1.807, 2.05) is 0 Å². The summed E-state index contributed by atoms with van der Waals surface area (Å²) in [5, 5.41) is 13.7. The third kappa shape index (κ3) is 1.89. The summed E-state index contributed by atoms with van der Waals surface area (Å²) < 4.78 is 6.32. The zero-order chi connectivity index (χ0) is 11.7. The fourth-order valence-corrected chi connectivity index (χ4v) is 1.97. The van der Waals surface area contributed by atoms with E-state index in [0.29, 0.717) is 5.76 Å². The van der Waals surface area contributed by atoms with Crippen LogP contribution in [0.2, 0.25) is 0 Å². The van der Waals surface area contributed by atoms with Crippen molar-refractivity contribution in [2.75, 3.05) is 0 Å². The summed E-state index contributed by atoms with van der Waals surface area (Å²) in [6, 6.07) is 1.31. The SMILES string of the molecule is Cc1csc(=O)n1Cc1cc(C(=O)O)no1. The molecule has 0 aliphatic carbocycles. The molecule has 16 heavy (non-hydrogen) atoms. The fraction of sp³-hybridized carbons (Fsp3) is 0.222. The number of carboxylic acid groups (broad SMARTS) is 1. The van der Waals surface area contributed by atoms with Gasteiger partial charge in [-0.1, -0.05) is 16.5 Å². The van der Waals surface area contributed by atoms with Crippen LogP contribution < -0.4 is 4.87 Å². The van der Waals surface area contributed by atoms with Gasteiger partial charge >= 0.3 is 10.8 Å². The number of thiazole rings is 1. The molecule has 2 aromatic rings. The molecule has 0 aliphatic rings. The molecule has 0 amide bonds. The number of aromatic nitrogens is 2. The minimum Gasteiger partial charge on any atom is -0.476 e. The molecule has 0 spiro atoms. The predicted octanol–water partition coefficient (Wildman–Crippen LogP) is 0.953. The van der Waals surface area contributed by atoms with Crippen LogP contribution in [0.1, 0.15) is 21.9 Å². The summed E-state index contributed by atoms with van der Waals surface area (Å²) in [4.78, 5) is 21.8. The second-order valence-electron chi connectivity index (χ2n) is 3.21. The number of carbonyl (C=O) groups is 1. The van der Waals surface area contributed by atoms with Crippen molar-refractivity contribution in [3.8, 4) is 0 Å². The quantitative estimate of drug-likeness (QED) is 0.863. The lowest BCUT2D eigenvalue weighted by atomic mass is 10.3. The van der Waals surface area contributed by atoms with Crippen molar-refractivity contribution < 1.29 is 14.4 Å². The van der Waals surface area contributed by atoms with E-state index in [9.17, 15) is 9.59 Å². The molecule has 0 fully saturated rings. The molecule has 2 aromatic heterocycles. The highest BCUT2D eigenvalue weighted by Crippen LogP contribution is 2.08. The summed E-state index contributed by atoms with van der Waals surface area (Å²) in [7, 11) is 0. The number of hydrogen-bond donors (Lipinski definition) is 1. The maximum atomic E-state index is 11.4. The predicted molar refractivity (Wildman–Crippen MR) is 55.9 cm³/mol. The zero-order valence-corrected chi connectivity index (χ0v) is 9.15. The normalized spacial score (nSPS) is 10.6. The van der Waals surface area contributed by atoms with Gasteiger partial charge in [0, 0.05) is 17.1 Å². The van der Waals surface area contributed by atoms with Crippen molar-refractivity contribution in [1.29, 1.82) is 0 Å². The van der Waals surface area contributed by atoms with Gasteiger partial charge in [0.05, 0.1) is 6.54 Å². The van der Waals surface area contributed by atoms with E-state index in [2.05, 4.69) is 5.16 Å². The molecule has 0 aliphatic heterocycles. The standard InChI is InChI=1S/C9H8N2O4S/c1-5-4-16-9(14)11(5)3-6-2-7(8(12)13)10-15-6/h2,4H,3H2,1H3,(H,12,13). The number of aryl methyl sites for hydroxylation is 1. The highest BCUT2D eigenvalue weighted by atomic mass is 32.1. The first kappa shape index (κ1) is 10.6. The van der Waals surface area contributed by atoms with Crippen molar-refractivity contribution >= 4 is 17.3 Å². The molecule has 0 radical (unpaired) electrons. The van der Waals surface area contributed by atoms with E-state index < -0.39 is 5.97 Å². The second-order valence-corrected chi connectivity index (χ2v) is 4.03. The van der Waals surface area contributed by atoms with Gasteiger partial charge in [-0.15, -0.1) is 0 Å². The van der Waals surface area contributed by atoms with E-state index in [4.69, 9.17) is 9.63 Å². The zero-order valence-electron chi connectivity index (χ0n) is 8.34. The summed E-state index contributed by atoms with van der Waals surface area (Å²) in [6.07, 6.45) is 0. The van der Waals surface area contributed by atoms with Gasteiger partial charge < -0.3 is 9.63 Å². The van der Waals surface area contributed by atoms with Crippen LogP contribution in [0, 0.1) is 6.92 Å². The van der Waals surface area contributed by atoms with Crippen molar-refractivity contribution in [1.82, 2.24) is 9.72 Å². The molecule has 2 rings (SSSR count). The molecule has 0 unspecified atom stereocenters. The Morgan fingerprint density at radius 3 is 2.94 bits per heavy atom. The average molecular weight is 240 g/mol. The number of hydrogen-bond acceptors (Lipinski definition) is 5. The molecule has 7 heteroatoms. The maximum absolute atomic E-state index is 11.4. The first-order valence-electron chi connectivity index (χ1n) is 4.42. The Kier molecular flexibility index (Phi) is 2.61. The minimum absolute atomic E-state index is 0.106. The Morgan fingerprint density at radius 1 is 1.69 bits per heavy atom. The Hall–Kier alpha value is -1.89. The lowest BCUT2D eigenvalue weighted by Crippen LogP contribution is -2.14. The first-order chi connectivity index (χ1) is 7.58. The molecule has 0 saturated heterocycles. The van der Waals surface area contributed by atoms with Crippen LogP contribution in [0.4, 0.5) is 0 Å². The molecule has 0 atom stereocenters. The van der Waals surface area contributed by atoms with Crippen LogP contribution in [0.15, 0.2) is 20.8 Å². The Morgan fingerprint density at radius 2 is 2.44 bits per heavy atom. The van der Waals surface area contributed by atoms with Gasteiger partial charge in [-0.25, -0.2) is 4.79 Å². The van der Waals surface area contributed by atoms with Gasteiger partial charge in [0.25, 0.3) is 0 Å². The summed E-state index contributed by atoms with van der Waals surface area (Å²) >= 11 is 1.09. The molecule has 0 aromatic carbocycles. The third-order valence-corrected chi connectivity index (χ3v) is 2.95. The number of carboxylic acids is 1. The summed E-state index contributed by atoms with van der Waals surface area (Å²) in [5.74, 6) is -0.801. The monoisotopic (exact) mass is 240 g/mol. The van der Waals surface area contributed by atoms with Gasteiger partial charge in [0.15, 0.2) is 11.5 Å². The first-order valence-corrected chi connectivity index (χ1v) is 5.29. The van der Waals surface area contributed by atoms with Crippen LogP contribution in [0.3, 0.4) is 0 Å². The number of rotatable bonds is 3. The van der Waals surface area contributed by atoms with E-state index >= 15 is 0 Å². The third-order valence-electron chi connectivity index (χ3n) is 2.07. The van der Waals surface area contributed by atoms with Crippen LogP contribution in [-0.2, 0) is 6.54 Å². The molecular weight excluding hydrogens is 232 g/mol. The van der Waals surface area contributed by atoms with Crippen LogP contribution in [0.5, 0.6) is 0 Å². The van der Waals surface area contributed by atoms with Gasteiger partial charge in [-0.05, 0) is 6.92 Å². The lowest BCUT2D eigenvalue weighted by Gasteiger charge is -1.98. The fourth-order valence-electron chi connectivity index (χ4n) is 1.24. The van der Waals surface area contributed by atoms with Gasteiger partial charge in [0.2, 0.25) is 0 Å². The van der Waals surface area contributed by atoms with Crippen molar-refractivity contribution in [2.45, 2.75) is 13.5 Å². The molecule has 84 valence electrons. The molecule has 6 nitrogen and oxygen atoms in total. The highest BCUT2D eigenvalue weighted by Gasteiger charge is 2.12. The minimum atomic E-state index is -1.15. The molecule has 0 saturated carbocycles. The maximum Gasteiger partial charge on any atom is 0.358 e. The van der Waals surface area contributed by atoms with Crippen LogP contribution in [0.25, 0.3) is 0 Å². The second kappa shape index (κ2) is 3.93. The number of nitrogens with zero attached hydrogens (tertiary/aromatic N) is 2. The summed E-state index contributed by atoms with van der Waals surface area (Å²) in [6.45, 7) is 2.00. The van der Waals surface area contributed by atoms with E-state index in [1.165, 1.54) is 10.6 Å². The Labute approximate surface area is 93.7 Å². The van der Waals surface area contributed by atoms with Gasteiger partial charge in [0.1, 0.15) is 0 Å². The molecular formula is C9H8N2O4S. The van der Waals surface area contributed by atoms with E-state index in [1.54, 1.807) is 12.3 Å². The van der Waals surface area contributed by atoms with Gasteiger partial charge in [-0.2, -0.15) is 0 Å². The van der Waals surface area contributed by atoms with Crippen molar-refractivity contribution in [3.63, 3.8) is 0 Å². The van der Waals surface area contributed by atoms with Gasteiger partial charge in [-0.3, -0.25) is 9.36 Å². The molecule has 0 bridgehead atoms. The smallest absolute Gasteiger partial charge is 0.358 e. The van der Waals surface area contributed by atoms with Crippen LogP contribution in [-0.4, -0.2) is 20.8 Å². The Bertz CT molecular complexity index is 580. The van der Waals surface area contributed by atoms with E-state index in [-0.39, 0.29) is 17.1 Å². The number of aromatic carboxylic acids is 1. The van der Waals surface area contributed by atoms with E-state index in [0.717, 1.165) is 17.0 Å². The van der Waals surface area contributed by atoms with Crippen LogP contribution >= 0.6 is 11.3 Å². The average Bonchev–Trinajstić information content (AvgIpc) is 2.80. The summed E-state index contributed by atoms with van der Waals surface area (Å²) in [5.41, 5.74) is 0.652. The van der Waals surface area contributed by atoms with Crippen molar-refractivity contribution in [3.05, 3.63) is 38.3 Å². The lowest BCUT2D eigenvalue weighted by molar-refractivity contribution is 0.0685.